The van der Waals surface area contributed by atoms with E-state index >= 15 is 0 Å². The standard InChI is InChI=1S/C23H29N7O3/c1-15-11-21(30-23(26-15)24-14-25-30)29-9-7-18(8-10-29)28-22(32)20(27-16(2)31)13-17-5-4-6-19(12-17)33-3/h4-6,11-12,14,18,20H,7-10,13H2,1-3H3,(H,27,31)(H,28,32)/t20-/m0/s1. The molecule has 33 heavy (non-hydrogen) atoms. The number of piperidine rings is 1. The summed E-state index contributed by atoms with van der Waals surface area (Å²) in [5, 5.41) is 10.2. The Labute approximate surface area is 192 Å². The van der Waals surface area contributed by atoms with Crippen molar-refractivity contribution in [3.63, 3.8) is 0 Å². The Bertz CT molecular complexity index is 1140. The van der Waals surface area contributed by atoms with Crippen molar-refractivity contribution >= 4 is 23.4 Å². The van der Waals surface area contributed by atoms with Crippen LogP contribution >= 0.6 is 0 Å². The molecule has 2 N–H and O–H groups in total. The Kier molecular flexibility index (Phi) is 6.71. The topological polar surface area (TPSA) is 114 Å². The van der Waals surface area contributed by atoms with Crippen LogP contribution in [0, 0.1) is 6.92 Å². The van der Waals surface area contributed by atoms with Crippen LogP contribution in [-0.2, 0) is 16.0 Å². The summed E-state index contributed by atoms with van der Waals surface area (Å²) in [5.74, 6) is 1.84. The molecular weight excluding hydrogens is 422 g/mol. The van der Waals surface area contributed by atoms with Gasteiger partial charge in [0.2, 0.25) is 11.8 Å². The lowest BCUT2D eigenvalue weighted by molar-refractivity contribution is -0.128. The zero-order chi connectivity index (χ0) is 23.4. The van der Waals surface area contributed by atoms with Crippen molar-refractivity contribution in [3.8, 4) is 5.75 Å². The maximum atomic E-state index is 13.0. The number of ether oxygens (including phenoxy) is 1. The first-order valence-corrected chi connectivity index (χ1v) is 11.1. The highest BCUT2D eigenvalue weighted by Gasteiger charge is 2.27. The fraction of sp³-hybridized carbons (Fsp3) is 0.435. The van der Waals surface area contributed by atoms with Crippen molar-refractivity contribution < 1.29 is 14.3 Å². The van der Waals surface area contributed by atoms with Gasteiger partial charge in [-0.25, -0.2) is 4.98 Å². The van der Waals surface area contributed by atoms with Gasteiger partial charge < -0.3 is 20.3 Å². The number of aromatic nitrogens is 4. The molecule has 1 atom stereocenters. The van der Waals surface area contributed by atoms with Gasteiger partial charge in [0.25, 0.3) is 5.78 Å². The summed E-state index contributed by atoms with van der Waals surface area (Å²) < 4.78 is 7.01. The number of nitrogens with one attached hydrogen (secondary N) is 2. The molecule has 3 heterocycles. The van der Waals surface area contributed by atoms with Crippen LogP contribution < -0.4 is 20.3 Å². The van der Waals surface area contributed by atoms with E-state index in [4.69, 9.17) is 4.74 Å². The number of rotatable bonds is 7. The van der Waals surface area contributed by atoms with Crippen LogP contribution in [-0.4, -0.2) is 63.7 Å². The molecule has 174 valence electrons. The molecule has 1 saturated heterocycles. The smallest absolute Gasteiger partial charge is 0.254 e. The Balaban J connectivity index is 1.39. The number of carbonyl (C=O) groups is 2. The van der Waals surface area contributed by atoms with Crippen LogP contribution in [0.5, 0.6) is 5.75 Å². The van der Waals surface area contributed by atoms with E-state index in [0.29, 0.717) is 12.2 Å². The molecule has 10 nitrogen and oxygen atoms in total. The second kappa shape index (κ2) is 9.85. The largest absolute Gasteiger partial charge is 0.497 e. The molecule has 0 radical (unpaired) electrons. The molecule has 1 fully saturated rings. The summed E-state index contributed by atoms with van der Waals surface area (Å²) in [4.78, 5) is 35.6. The summed E-state index contributed by atoms with van der Waals surface area (Å²) in [6.45, 7) is 4.90. The fourth-order valence-corrected chi connectivity index (χ4v) is 4.18. The third-order valence-corrected chi connectivity index (χ3v) is 5.79. The number of methoxy groups -OCH3 is 1. The van der Waals surface area contributed by atoms with E-state index < -0.39 is 6.04 Å². The summed E-state index contributed by atoms with van der Waals surface area (Å²) in [7, 11) is 1.60. The van der Waals surface area contributed by atoms with Crippen molar-refractivity contribution in [3.05, 3.63) is 47.9 Å². The Hall–Kier alpha value is -3.69. The number of anilines is 1. The third kappa shape index (κ3) is 5.39. The average Bonchev–Trinajstić information content (AvgIpc) is 3.27. The number of nitrogens with zero attached hydrogens (tertiary/aromatic N) is 5. The van der Waals surface area contributed by atoms with Gasteiger partial charge in [-0.1, -0.05) is 12.1 Å². The maximum Gasteiger partial charge on any atom is 0.254 e. The van der Waals surface area contributed by atoms with E-state index in [-0.39, 0.29) is 17.9 Å². The van der Waals surface area contributed by atoms with E-state index in [9.17, 15) is 9.59 Å². The minimum absolute atomic E-state index is 0.0319. The minimum Gasteiger partial charge on any atom is -0.497 e. The zero-order valence-electron chi connectivity index (χ0n) is 19.1. The van der Waals surface area contributed by atoms with Gasteiger partial charge in [0, 0.05) is 44.2 Å². The van der Waals surface area contributed by atoms with Gasteiger partial charge >= 0.3 is 0 Å². The second-order valence-corrected chi connectivity index (χ2v) is 8.31. The molecule has 1 aliphatic rings. The van der Waals surface area contributed by atoms with E-state index in [2.05, 4.69) is 30.6 Å². The van der Waals surface area contributed by atoms with Gasteiger partial charge in [0.05, 0.1) is 7.11 Å². The van der Waals surface area contributed by atoms with Crippen LogP contribution in [0.3, 0.4) is 0 Å². The predicted molar refractivity (Wildman–Crippen MR) is 123 cm³/mol. The molecule has 4 rings (SSSR count). The van der Waals surface area contributed by atoms with E-state index in [1.807, 2.05) is 37.3 Å². The lowest BCUT2D eigenvalue weighted by Crippen LogP contribution is -2.52. The second-order valence-electron chi connectivity index (χ2n) is 8.31. The van der Waals surface area contributed by atoms with Gasteiger partial charge in [-0.3, -0.25) is 9.59 Å². The average molecular weight is 452 g/mol. The number of aryl methyl sites for hydroxylation is 1. The summed E-state index contributed by atoms with van der Waals surface area (Å²) in [6.07, 6.45) is 3.47. The van der Waals surface area contributed by atoms with Crippen molar-refractivity contribution in [1.82, 2.24) is 30.2 Å². The molecule has 2 amide bonds. The number of carbonyl (C=O) groups excluding carboxylic acids is 2. The van der Waals surface area contributed by atoms with Crippen molar-refractivity contribution in [2.24, 2.45) is 0 Å². The first-order chi connectivity index (χ1) is 15.9. The summed E-state index contributed by atoms with van der Waals surface area (Å²) in [6, 6.07) is 8.91. The van der Waals surface area contributed by atoms with Crippen LogP contribution in [0.25, 0.3) is 5.78 Å². The molecule has 1 aromatic carbocycles. The van der Waals surface area contributed by atoms with Gasteiger partial charge in [-0.2, -0.15) is 14.6 Å². The highest BCUT2D eigenvalue weighted by atomic mass is 16.5. The Morgan fingerprint density at radius 3 is 2.76 bits per heavy atom. The molecule has 0 spiro atoms. The third-order valence-electron chi connectivity index (χ3n) is 5.79. The van der Waals surface area contributed by atoms with Gasteiger partial charge in [-0.05, 0) is 37.5 Å². The molecule has 2 aromatic heterocycles. The molecule has 3 aromatic rings. The van der Waals surface area contributed by atoms with Crippen molar-refractivity contribution in [2.45, 2.75) is 45.2 Å². The van der Waals surface area contributed by atoms with Crippen LogP contribution in [0.2, 0.25) is 0 Å². The van der Waals surface area contributed by atoms with Crippen molar-refractivity contribution in [2.75, 3.05) is 25.1 Å². The predicted octanol–water partition coefficient (Wildman–Crippen LogP) is 1.27. The summed E-state index contributed by atoms with van der Waals surface area (Å²) in [5.41, 5.74) is 1.81. The van der Waals surface area contributed by atoms with Gasteiger partial charge in [0.15, 0.2) is 0 Å². The van der Waals surface area contributed by atoms with Crippen LogP contribution in [0.15, 0.2) is 36.7 Å². The lowest BCUT2D eigenvalue weighted by Gasteiger charge is -2.34. The van der Waals surface area contributed by atoms with Crippen LogP contribution in [0.4, 0.5) is 5.82 Å². The fourth-order valence-electron chi connectivity index (χ4n) is 4.18. The SMILES string of the molecule is COc1cccc(C[C@H](NC(C)=O)C(=O)NC2CCN(c3cc(C)nc4ncnn34)CC2)c1. The molecular formula is C23H29N7O3. The highest BCUT2D eigenvalue weighted by molar-refractivity contribution is 5.87. The quantitative estimate of drug-likeness (QED) is 0.556. The Morgan fingerprint density at radius 2 is 2.03 bits per heavy atom. The molecule has 0 aliphatic carbocycles. The van der Waals surface area contributed by atoms with E-state index in [1.54, 1.807) is 11.6 Å². The van der Waals surface area contributed by atoms with Gasteiger partial charge in [0.1, 0.15) is 23.9 Å². The normalized spacial score (nSPS) is 15.3. The van der Waals surface area contributed by atoms with Gasteiger partial charge in [-0.15, -0.1) is 0 Å². The number of fused-ring (bicyclic) bond motifs is 1. The molecule has 10 heteroatoms. The molecule has 1 aliphatic heterocycles. The monoisotopic (exact) mass is 451 g/mol. The van der Waals surface area contributed by atoms with E-state index in [1.165, 1.54) is 13.3 Å². The van der Waals surface area contributed by atoms with Crippen molar-refractivity contribution in [1.29, 1.82) is 0 Å². The number of amides is 2. The highest BCUT2D eigenvalue weighted by Crippen LogP contribution is 2.21. The minimum atomic E-state index is -0.648. The molecule has 0 saturated carbocycles. The maximum absolute atomic E-state index is 13.0. The van der Waals surface area contributed by atoms with E-state index in [0.717, 1.165) is 48.8 Å². The first-order valence-electron chi connectivity index (χ1n) is 11.1. The number of hydrogen-bond acceptors (Lipinski definition) is 7. The van der Waals surface area contributed by atoms with Crippen LogP contribution in [0.1, 0.15) is 31.0 Å². The molecule has 0 unspecified atom stereocenters. The number of hydrogen-bond donors (Lipinski definition) is 2. The molecule has 0 bridgehead atoms. The zero-order valence-corrected chi connectivity index (χ0v) is 19.1. The first kappa shape index (κ1) is 22.5. The summed E-state index contributed by atoms with van der Waals surface area (Å²) >= 11 is 0. The Morgan fingerprint density at radius 1 is 1.24 bits per heavy atom. The number of benzene rings is 1. The lowest BCUT2D eigenvalue weighted by atomic mass is 10.0.